The Morgan fingerprint density at radius 2 is 1.18 bits per heavy atom. The summed E-state index contributed by atoms with van der Waals surface area (Å²) >= 11 is 1.38. The molecule has 184 valence electrons. The van der Waals surface area contributed by atoms with Gasteiger partial charge in [-0.1, -0.05) is 24.3 Å². The van der Waals surface area contributed by atoms with Crippen molar-refractivity contribution in [3.8, 4) is 56.4 Å². The number of rotatable bonds is 6. The van der Waals surface area contributed by atoms with Crippen molar-refractivity contribution in [3.63, 3.8) is 0 Å². The van der Waals surface area contributed by atoms with E-state index in [4.69, 9.17) is 42.0 Å². The van der Waals surface area contributed by atoms with E-state index in [-0.39, 0.29) is 11.4 Å². The molecule has 39 heavy (non-hydrogen) atoms. The quantitative estimate of drug-likeness (QED) is 0.124. The third-order valence-electron chi connectivity index (χ3n) is 5.30. The smallest absolute Gasteiger partial charge is 0.261 e. The Labute approximate surface area is 227 Å². The third kappa shape index (κ3) is 5.12. The zero-order valence-electron chi connectivity index (χ0n) is 19.9. The normalized spacial score (nSPS) is 12.5. The first kappa shape index (κ1) is 24.7. The summed E-state index contributed by atoms with van der Waals surface area (Å²) < 4.78 is 24.5. The van der Waals surface area contributed by atoms with E-state index < -0.39 is 0 Å². The molecule has 9 heteroatoms. The van der Waals surface area contributed by atoms with E-state index in [1.165, 1.54) is 23.5 Å². The number of thiophene rings is 1. The van der Waals surface area contributed by atoms with Crippen LogP contribution in [0.25, 0.3) is 43.1 Å². The molecule has 1 aliphatic rings. The van der Waals surface area contributed by atoms with Crippen molar-refractivity contribution in [1.29, 1.82) is 10.5 Å². The molecule has 0 unspecified atom stereocenters. The van der Waals surface area contributed by atoms with Crippen molar-refractivity contribution in [2.75, 3.05) is 0 Å². The second-order valence-corrected chi connectivity index (χ2v) is 8.76. The fourth-order valence-corrected chi connectivity index (χ4v) is 4.62. The van der Waals surface area contributed by atoms with Gasteiger partial charge < -0.3 is 18.3 Å². The monoisotopic (exact) mass is 526 g/mol. The van der Waals surface area contributed by atoms with Crippen molar-refractivity contribution < 1.29 is 18.3 Å². The maximum absolute atomic E-state index is 8.89. The van der Waals surface area contributed by atoms with Gasteiger partial charge in [-0.3, -0.25) is 0 Å². The number of nitrogens with zero attached hydrogens (tertiary/aromatic N) is 4. The largest absolute Gasteiger partial charge is 0.456 e. The zero-order chi connectivity index (χ0) is 27.2. The first-order chi connectivity index (χ1) is 19.1. The fraction of sp³-hybridized carbons (Fsp3) is 0. The summed E-state index contributed by atoms with van der Waals surface area (Å²) in [4.78, 5) is 7.62. The predicted molar refractivity (Wildman–Crippen MR) is 145 cm³/mol. The number of hydrogen-bond donors (Lipinski definition) is 0. The van der Waals surface area contributed by atoms with Gasteiger partial charge in [-0.05, 0) is 60.7 Å². The van der Waals surface area contributed by atoms with Gasteiger partial charge in [0.05, 0.1) is 25.3 Å². The number of furan rings is 2. The molecule has 4 aromatic rings. The Hall–Kier alpha value is -6.00. The molecule has 0 spiro atoms. The van der Waals surface area contributed by atoms with E-state index in [1.807, 2.05) is 36.4 Å². The minimum Gasteiger partial charge on any atom is -0.456 e. The third-order valence-corrected chi connectivity index (χ3v) is 6.48. The lowest BCUT2D eigenvalue weighted by Gasteiger charge is -2.19. The Morgan fingerprint density at radius 1 is 0.718 bits per heavy atom. The minimum absolute atomic E-state index is 0.0280. The van der Waals surface area contributed by atoms with E-state index >= 15 is 0 Å². The summed E-state index contributed by atoms with van der Waals surface area (Å²) in [6.07, 6.45) is 9.30. The van der Waals surface area contributed by atoms with E-state index in [9.17, 15) is 0 Å². The van der Waals surface area contributed by atoms with Crippen LogP contribution in [0.4, 0.5) is 0 Å². The average Bonchev–Trinajstić information content (AvgIpc) is 3.71. The lowest BCUT2D eigenvalue weighted by Crippen LogP contribution is -1.97. The fourth-order valence-electron chi connectivity index (χ4n) is 3.55. The SMILES string of the molecule is [C-]#[N+]/C(C#N)=C\C=C\c1ccc(-c2sc(-c3ccc(/C=C/C=C(\C#N)[N+]#[C-])o3)c3c2Oc2ccccc2O3)o1. The summed E-state index contributed by atoms with van der Waals surface area (Å²) in [6, 6.07) is 18.1. The van der Waals surface area contributed by atoms with Crippen molar-refractivity contribution in [3.05, 3.63) is 119 Å². The van der Waals surface area contributed by atoms with Gasteiger partial charge in [-0.15, -0.1) is 11.3 Å². The van der Waals surface area contributed by atoms with Gasteiger partial charge in [0.2, 0.25) is 0 Å². The highest BCUT2D eigenvalue weighted by Crippen LogP contribution is 2.59. The molecular weight excluding hydrogens is 512 g/mol. The zero-order valence-corrected chi connectivity index (χ0v) is 20.7. The lowest BCUT2D eigenvalue weighted by atomic mass is 10.2. The number of fused-ring (bicyclic) bond motifs is 2. The van der Waals surface area contributed by atoms with Crippen LogP contribution in [-0.4, -0.2) is 0 Å². The highest BCUT2D eigenvalue weighted by atomic mass is 32.1. The molecule has 5 rings (SSSR count). The topological polar surface area (TPSA) is 101 Å². The maximum Gasteiger partial charge on any atom is 0.261 e. The molecule has 0 atom stereocenters. The van der Waals surface area contributed by atoms with Gasteiger partial charge in [-0.25, -0.2) is 20.2 Å². The van der Waals surface area contributed by atoms with Gasteiger partial charge in [0.15, 0.2) is 23.0 Å². The molecule has 0 radical (unpaired) electrons. The van der Waals surface area contributed by atoms with Crippen LogP contribution >= 0.6 is 11.3 Å². The molecule has 0 fully saturated rings. The van der Waals surface area contributed by atoms with Crippen LogP contribution in [0.1, 0.15) is 11.5 Å². The summed E-state index contributed by atoms with van der Waals surface area (Å²) in [6.45, 7) is 13.9. The highest BCUT2D eigenvalue weighted by molar-refractivity contribution is 7.19. The number of para-hydroxylation sites is 2. The molecule has 3 aromatic heterocycles. The average molecular weight is 527 g/mol. The molecule has 1 aliphatic heterocycles. The molecule has 0 saturated carbocycles. The van der Waals surface area contributed by atoms with Crippen molar-refractivity contribution >= 4 is 23.5 Å². The molecular formula is C30H14N4O4S. The second-order valence-electron chi connectivity index (χ2n) is 7.74. The standard InChI is InChI=1S/C30H14N4O4S/c1-33-19(17-31)7-5-9-21-13-15-25(35-21)29-27-28(38-24-12-4-3-11-23(24)37-27)30(39-29)26-16-14-22(36-26)10-6-8-20(18-32)34-2/h3-16H/b9-5+,10-6+,19-7-,20-8+. The van der Waals surface area contributed by atoms with Crippen LogP contribution in [0.5, 0.6) is 23.0 Å². The van der Waals surface area contributed by atoms with Gasteiger partial charge in [0, 0.05) is 0 Å². The van der Waals surface area contributed by atoms with E-state index in [0.29, 0.717) is 55.8 Å². The molecule has 0 bridgehead atoms. The number of ether oxygens (including phenoxy) is 2. The molecule has 4 heterocycles. The Bertz CT molecular complexity index is 1700. The van der Waals surface area contributed by atoms with E-state index in [1.54, 1.807) is 48.6 Å². The van der Waals surface area contributed by atoms with Crippen molar-refractivity contribution in [1.82, 2.24) is 0 Å². The molecule has 0 aliphatic carbocycles. The van der Waals surface area contributed by atoms with Gasteiger partial charge >= 0.3 is 0 Å². The predicted octanol–water partition coefficient (Wildman–Crippen LogP) is 8.85. The first-order valence-electron chi connectivity index (χ1n) is 11.3. The van der Waals surface area contributed by atoms with Gasteiger partial charge in [-0.2, -0.15) is 0 Å². The van der Waals surface area contributed by atoms with Crippen LogP contribution < -0.4 is 9.47 Å². The number of hydrogen-bond acceptors (Lipinski definition) is 7. The minimum atomic E-state index is -0.0280. The summed E-state index contributed by atoms with van der Waals surface area (Å²) in [7, 11) is 0. The van der Waals surface area contributed by atoms with Crippen LogP contribution in [-0.2, 0) is 0 Å². The Balaban J connectivity index is 1.52. The molecule has 1 aromatic carbocycles. The molecule has 8 nitrogen and oxygen atoms in total. The maximum atomic E-state index is 8.89. The highest BCUT2D eigenvalue weighted by Gasteiger charge is 2.31. The first-order valence-corrected chi connectivity index (χ1v) is 12.1. The second kappa shape index (κ2) is 10.9. The van der Waals surface area contributed by atoms with Gasteiger partial charge in [0.25, 0.3) is 11.4 Å². The van der Waals surface area contributed by atoms with E-state index in [2.05, 4.69) is 9.69 Å². The summed E-state index contributed by atoms with van der Waals surface area (Å²) in [5.41, 5.74) is -0.0559. The van der Waals surface area contributed by atoms with E-state index in [0.717, 1.165) is 0 Å². The number of allylic oxidation sites excluding steroid dienone is 6. The molecule has 0 saturated heterocycles. The van der Waals surface area contributed by atoms with Crippen molar-refractivity contribution in [2.24, 2.45) is 0 Å². The van der Waals surface area contributed by atoms with Crippen LogP contribution in [0, 0.1) is 35.8 Å². The molecule has 0 N–H and O–H groups in total. The van der Waals surface area contributed by atoms with Crippen molar-refractivity contribution in [2.45, 2.75) is 0 Å². The van der Waals surface area contributed by atoms with Crippen LogP contribution in [0.3, 0.4) is 0 Å². The Morgan fingerprint density at radius 3 is 1.59 bits per heavy atom. The van der Waals surface area contributed by atoms with Crippen LogP contribution in [0.2, 0.25) is 0 Å². The molecule has 0 amide bonds. The van der Waals surface area contributed by atoms with Crippen LogP contribution in [0.15, 0.2) is 93.1 Å². The summed E-state index contributed by atoms with van der Waals surface area (Å²) in [5.74, 6) is 4.26. The lowest BCUT2D eigenvalue weighted by molar-refractivity contribution is 0.363. The number of benzene rings is 1. The Kier molecular flexibility index (Phi) is 6.93. The summed E-state index contributed by atoms with van der Waals surface area (Å²) in [5, 5.41) is 17.8. The van der Waals surface area contributed by atoms with Gasteiger partial charge in [0.1, 0.15) is 32.8 Å². The number of nitriles is 2.